The second kappa shape index (κ2) is 10.7. The van der Waals surface area contributed by atoms with E-state index in [1.807, 2.05) is 30.3 Å². The van der Waals surface area contributed by atoms with Crippen LogP contribution in [0.3, 0.4) is 0 Å². The Morgan fingerprint density at radius 1 is 1.10 bits per heavy atom. The lowest BCUT2D eigenvalue weighted by atomic mass is 10.1. The van der Waals surface area contributed by atoms with E-state index in [4.69, 9.17) is 22.1 Å². The van der Waals surface area contributed by atoms with Crippen LogP contribution in [0.2, 0.25) is 0 Å². The number of anilines is 1. The van der Waals surface area contributed by atoms with Crippen molar-refractivity contribution in [3.63, 3.8) is 0 Å². The highest BCUT2D eigenvalue weighted by atomic mass is 32.2. The first-order chi connectivity index (χ1) is 14.2. The van der Waals surface area contributed by atoms with Gasteiger partial charge in [0.1, 0.15) is 6.04 Å². The van der Waals surface area contributed by atoms with E-state index >= 15 is 0 Å². The van der Waals surface area contributed by atoms with Crippen molar-refractivity contribution in [1.29, 1.82) is 0 Å². The van der Waals surface area contributed by atoms with Crippen LogP contribution in [-0.4, -0.2) is 45.1 Å². The molecule has 0 heterocycles. The topological polar surface area (TPSA) is 140 Å². The van der Waals surface area contributed by atoms with E-state index in [1.54, 1.807) is 0 Å². The molecule has 0 aliphatic rings. The van der Waals surface area contributed by atoms with Gasteiger partial charge in [-0.2, -0.15) is 0 Å². The maximum absolute atomic E-state index is 12.5. The molecule has 30 heavy (non-hydrogen) atoms. The average Bonchev–Trinajstić information content (AvgIpc) is 2.71. The summed E-state index contributed by atoms with van der Waals surface area (Å²) in [6.07, 6.45) is 0.277. The van der Waals surface area contributed by atoms with Crippen molar-refractivity contribution in [3.05, 3.63) is 60.2 Å². The fraction of sp³-hybridized carbons (Fsp3) is 0.211. The lowest BCUT2D eigenvalue weighted by molar-refractivity contribution is -0.150. The Kier molecular flexibility index (Phi) is 8.27. The third-order valence-electron chi connectivity index (χ3n) is 3.94. The summed E-state index contributed by atoms with van der Waals surface area (Å²) >= 11 is 5.26. The number of ether oxygens (including phenoxy) is 1. The van der Waals surface area contributed by atoms with Gasteiger partial charge in [0, 0.05) is 19.2 Å². The highest BCUT2D eigenvalue weighted by molar-refractivity contribution is 7.89. The number of sulfonamides is 1. The number of nitrogens with one attached hydrogen (secondary N) is 3. The molecule has 0 aromatic heterocycles. The fourth-order valence-electron chi connectivity index (χ4n) is 2.41. The molecule has 0 unspecified atom stereocenters. The molecule has 1 atom stereocenters. The Morgan fingerprint density at radius 2 is 1.73 bits per heavy atom. The highest BCUT2D eigenvalue weighted by Crippen LogP contribution is 2.13. The second-order valence-electron chi connectivity index (χ2n) is 6.19. The molecule has 5 N–H and O–H groups in total. The first-order valence-corrected chi connectivity index (χ1v) is 10.8. The van der Waals surface area contributed by atoms with Crippen LogP contribution in [0.15, 0.2) is 59.5 Å². The molecule has 0 aliphatic carbocycles. The van der Waals surface area contributed by atoms with Crippen molar-refractivity contribution in [3.8, 4) is 0 Å². The molecule has 0 fully saturated rings. The summed E-state index contributed by atoms with van der Waals surface area (Å²) in [4.78, 5) is 23.8. The lowest BCUT2D eigenvalue weighted by Gasteiger charge is -2.20. The molecule has 0 bridgehead atoms. The minimum absolute atomic E-state index is 0.0355. The summed E-state index contributed by atoms with van der Waals surface area (Å²) in [6.45, 7) is -0.405. The van der Waals surface area contributed by atoms with E-state index in [0.717, 1.165) is 5.56 Å². The minimum atomic E-state index is -3.80. The van der Waals surface area contributed by atoms with E-state index in [1.165, 1.54) is 31.3 Å². The maximum Gasteiger partial charge on any atom is 0.329 e. The summed E-state index contributed by atoms with van der Waals surface area (Å²) in [5.74, 6) is -1.08. The number of primary sulfonamides is 1. The van der Waals surface area contributed by atoms with E-state index in [-0.39, 0.29) is 16.4 Å². The molecule has 1 amide bonds. The summed E-state index contributed by atoms with van der Waals surface area (Å²) in [6, 6.07) is 14.0. The third kappa shape index (κ3) is 7.43. The van der Waals surface area contributed by atoms with Crippen molar-refractivity contribution in [2.24, 2.45) is 5.14 Å². The largest absolute Gasteiger partial charge is 0.454 e. The number of likely N-dealkylation sites (N-methyl/N-ethyl adjacent to an activating group) is 1. The number of benzene rings is 2. The minimum Gasteiger partial charge on any atom is -0.454 e. The van der Waals surface area contributed by atoms with Crippen LogP contribution in [0.25, 0.3) is 0 Å². The quantitative estimate of drug-likeness (QED) is 0.337. The van der Waals surface area contributed by atoms with E-state index in [0.29, 0.717) is 5.69 Å². The monoisotopic (exact) mass is 450 g/mol. The Balaban J connectivity index is 2.06. The molecule has 11 heteroatoms. The number of amides is 1. The number of esters is 1. The van der Waals surface area contributed by atoms with Gasteiger partial charge in [0.15, 0.2) is 11.7 Å². The first-order valence-electron chi connectivity index (χ1n) is 8.80. The average molecular weight is 451 g/mol. The normalized spacial score (nSPS) is 11.8. The molecule has 160 valence electrons. The van der Waals surface area contributed by atoms with E-state index in [9.17, 15) is 18.0 Å². The van der Waals surface area contributed by atoms with E-state index < -0.39 is 34.5 Å². The van der Waals surface area contributed by atoms with Gasteiger partial charge in [0.25, 0.3) is 5.91 Å². The number of rotatable bonds is 8. The van der Waals surface area contributed by atoms with E-state index in [2.05, 4.69) is 16.0 Å². The SMILES string of the molecule is CNC(=O)COC(=O)[C@H](Cc1ccccc1)NC(=S)Nc1ccc(S(N)(=O)=O)cc1. The summed E-state index contributed by atoms with van der Waals surface area (Å²) < 4.78 is 27.7. The molecule has 2 aromatic rings. The van der Waals surface area contributed by atoms with Crippen molar-refractivity contribution in [2.75, 3.05) is 19.0 Å². The standard InChI is InChI=1S/C19H22N4O5S2/c1-21-17(24)12-28-18(25)16(11-13-5-3-2-4-6-13)23-19(29)22-14-7-9-15(10-8-14)30(20,26)27/h2-10,16H,11-12H2,1H3,(H,21,24)(H2,20,26,27)(H2,22,23,29)/t16-/m0/s1. The number of nitrogens with two attached hydrogens (primary N) is 1. The molecule has 0 saturated carbocycles. The lowest BCUT2D eigenvalue weighted by Crippen LogP contribution is -2.45. The van der Waals surface area contributed by atoms with Gasteiger partial charge in [0.2, 0.25) is 10.0 Å². The number of carbonyl (C=O) groups excluding carboxylic acids is 2. The molecule has 9 nitrogen and oxygen atoms in total. The van der Waals surface area contributed by atoms with Crippen LogP contribution in [0.5, 0.6) is 0 Å². The maximum atomic E-state index is 12.5. The number of hydrogen-bond donors (Lipinski definition) is 4. The molecule has 2 aromatic carbocycles. The molecular weight excluding hydrogens is 428 g/mol. The summed E-state index contributed by atoms with van der Waals surface area (Å²) in [7, 11) is -2.36. The Labute approximate surface area is 180 Å². The van der Waals surface area contributed by atoms with Crippen LogP contribution in [0.1, 0.15) is 5.56 Å². The third-order valence-corrected chi connectivity index (χ3v) is 5.09. The zero-order valence-electron chi connectivity index (χ0n) is 16.1. The van der Waals surface area contributed by atoms with Gasteiger partial charge in [-0.1, -0.05) is 30.3 Å². The molecule has 0 radical (unpaired) electrons. The van der Waals surface area contributed by atoms with Crippen LogP contribution in [0.4, 0.5) is 5.69 Å². The zero-order valence-corrected chi connectivity index (χ0v) is 17.8. The smallest absolute Gasteiger partial charge is 0.329 e. The van der Waals surface area contributed by atoms with Crippen molar-refractivity contribution >= 4 is 44.9 Å². The van der Waals surface area contributed by atoms with Gasteiger partial charge in [-0.05, 0) is 42.0 Å². The van der Waals surface area contributed by atoms with Crippen LogP contribution < -0.4 is 21.1 Å². The van der Waals surface area contributed by atoms with Crippen LogP contribution in [0, 0.1) is 0 Å². The molecule has 2 rings (SSSR count). The first kappa shape index (κ1) is 23.3. The Hall–Kier alpha value is -3.02. The van der Waals surface area contributed by atoms with Gasteiger partial charge in [-0.3, -0.25) is 4.79 Å². The van der Waals surface area contributed by atoms with Crippen LogP contribution in [-0.2, 0) is 30.8 Å². The van der Waals surface area contributed by atoms with Gasteiger partial charge >= 0.3 is 5.97 Å². The molecular formula is C19H22N4O5S2. The van der Waals surface area contributed by atoms with Crippen molar-refractivity contribution in [2.45, 2.75) is 17.4 Å². The van der Waals surface area contributed by atoms with Gasteiger partial charge in [-0.25, -0.2) is 18.4 Å². The highest BCUT2D eigenvalue weighted by Gasteiger charge is 2.22. The van der Waals surface area contributed by atoms with Gasteiger partial charge in [-0.15, -0.1) is 0 Å². The molecule has 0 saturated heterocycles. The van der Waals surface area contributed by atoms with Gasteiger partial charge < -0.3 is 20.7 Å². The molecule has 0 spiro atoms. The fourth-order valence-corrected chi connectivity index (χ4v) is 3.18. The second-order valence-corrected chi connectivity index (χ2v) is 8.16. The van der Waals surface area contributed by atoms with Crippen molar-refractivity contribution in [1.82, 2.24) is 10.6 Å². The Bertz CT molecular complexity index is 995. The Morgan fingerprint density at radius 3 is 2.30 bits per heavy atom. The van der Waals surface area contributed by atoms with Crippen molar-refractivity contribution < 1.29 is 22.7 Å². The number of carbonyl (C=O) groups is 2. The predicted octanol–water partition coefficient (Wildman–Crippen LogP) is 0.521. The summed E-state index contributed by atoms with van der Waals surface area (Å²) in [5.41, 5.74) is 1.37. The number of thiocarbonyl (C=S) groups is 1. The summed E-state index contributed by atoms with van der Waals surface area (Å²) in [5, 5.41) is 13.3. The molecule has 0 aliphatic heterocycles. The predicted molar refractivity (Wildman–Crippen MR) is 116 cm³/mol. The zero-order chi connectivity index (χ0) is 22.1. The van der Waals surface area contributed by atoms with Crippen LogP contribution >= 0.6 is 12.2 Å². The van der Waals surface area contributed by atoms with Gasteiger partial charge in [0.05, 0.1) is 4.90 Å². The number of hydrogen-bond acceptors (Lipinski definition) is 6.